The summed E-state index contributed by atoms with van der Waals surface area (Å²) in [7, 11) is 0. The minimum atomic E-state index is -0.0261. The van der Waals surface area contributed by atoms with Crippen LogP contribution in [-0.4, -0.2) is 24.8 Å². The second-order valence-electron chi connectivity index (χ2n) is 4.72. The molecule has 0 spiro atoms. The molecule has 0 saturated carbocycles. The maximum Gasteiger partial charge on any atom is 0.265 e. The lowest BCUT2D eigenvalue weighted by Crippen LogP contribution is -2.40. The standard InChI is InChI=1S/C16H16N2O2S/c17-12-6-7-15-14(10-12)18(16(19)11-20-15)8-9-21-13-4-2-1-3-5-13/h1-7,10H,8-9,11,17H2. The fourth-order valence-electron chi connectivity index (χ4n) is 2.24. The van der Waals surface area contributed by atoms with Crippen LogP contribution >= 0.6 is 11.8 Å². The second kappa shape index (κ2) is 6.10. The molecular weight excluding hydrogens is 284 g/mol. The largest absolute Gasteiger partial charge is 0.482 e. The highest BCUT2D eigenvalue weighted by atomic mass is 32.2. The Labute approximate surface area is 127 Å². The van der Waals surface area contributed by atoms with E-state index in [2.05, 4.69) is 12.1 Å². The molecular formula is C16H16N2O2S. The Morgan fingerprint density at radius 1 is 1.19 bits per heavy atom. The molecule has 0 radical (unpaired) electrons. The summed E-state index contributed by atoms with van der Waals surface area (Å²) in [6.45, 7) is 0.727. The van der Waals surface area contributed by atoms with E-state index in [1.807, 2.05) is 24.3 Å². The maximum atomic E-state index is 12.1. The number of rotatable bonds is 4. The molecule has 2 N–H and O–H groups in total. The first-order valence-electron chi connectivity index (χ1n) is 6.74. The number of fused-ring (bicyclic) bond motifs is 1. The Morgan fingerprint density at radius 2 is 2.00 bits per heavy atom. The predicted molar refractivity (Wildman–Crippen MR) is 85.9 cm³/mol. The Morgan fingerprint density at radius 3 is 2.81 bits per heavy atom. The lowest BCUT2D eigenvalue weighted by atomic mass is 10.2. The van der Waals surface area contributed by atoms with Gasteiger partial charge in [0.05, 0.1) is 5.69 Å². The summed E-state index contributed by atoms with van der Waals surface area (Å²) >= 11 is 1.73. The topological polar surface area (TPSA) is 55.6 Å². The van der Waals surface area contributed by atoms with Gasteiger partial charge in [-0.15, -0.1) is 11.8 Å². The van der Waals surface area contributed by atoms with E-state index in [1.54, 1.807) is 28.8 Å². The van der Waals surface area contributed by atoms with Crippen LogP contribution < -0.4 is 15.4 Å². The summed E-state index contributed by atoms with van der Waals surface area (Å²) in [5.74, 6) is 1.51. The molecule has 5 heteroatoms. The normalized spacial score (nSPS) is 13.7. The number of amides is 1. The molecule has 4 nitrogen and oxygen atoms in total. The van der Waals surface area contributed by atoms with Crippen LogP contribution in [0.1, 0.15) is 0 Å². The maximum absolute atomic E-state index is 12.1. The lowest BCUT2D eigenvalue weighted by Gasteiger charge is -2.29. The fraction of sp³-hybridized carbons (Fsp3) is 0.188. The molecule has 0 aliphatic carbocycles. The lowest BCUT2D eigenvalue weighted by molar-refractivity contribution is -0.121. The molecule has 0 saturated heterocycles. The van der Waals surface area contributed by atoms with Crippen LogP contribution in [-0.2, 0) is 4.79 Å². The monoisotopic (exact) mass is 300 g/mol. The fourth-order valence-corrected chi connectivity index (χ4v) is 3.09. The highest BCUT2D eigenvalue weighted by Gasteiger charge is 2.25. The van der Waals surface area contributed by atoms with E-state index in [1.165, 1.54) is 4.90 Å². The van der Waals surface area contributed by atoms with Crippen LogP contribution in [0.2, 0.25) is 0 Å². The predicted octanol–water partition coefficient (Wildman–Crippen LogP) is 2.79. The molecule has 3 rings (SSSR count). The number of carbonyl (C=O) groups excluding carboxylic acids is 1. The van der Waals surface area contributed by atoms with Crippen molar-refractivity contribution in [3.63, 3.8) is 0 Å². The summed E-state index contributed by atoms with van der Waals surface area (Å²) in [5, 5.41) is 0. The molecule has 1 aliphatic heterocycles. The number of nitrogens with zero attached hydrogens (tertiary/aromatic N) is 1. The molecule has 108 valence electrons. The van der Waals surface area contributed by atoms with Crippen molar-refractivity contribution in [2.45, 2.75) is 4.90 Å². The summed E-state index contributed by atoms with van der Waals surface area (Å²) in [4.78, 5) is 15.0. The van der Waals surface area contributed by atoms with Gasteiger partial charge in [0.15, 0.2) is 6.61 Å². The van der Waals surface area contributed by atoms with Crippen molar-refractivity contribution in [2.24, 2.45) is 0 Å². The van der Waals surface area contributed by atoms with E-state index >= 15 is 0 Å². The molecule has 0 atom stereocenters. The van der Waals surface area contributed by atoms with Gasteiger partial charge in [0.2, 0.25) is 0 Å². The summed E-state index contributed by atoms with van der Waals surface area (Å²) in [6, 6.07) is 15.5. The van der Waals surface area contributed by atoms with Gasteiger partial charge in [0.25, 0.3) is 5.91 Å². The van der Waals surface area contributed by atoms with Crippen molar-refractivity contribution in [2.75, 3.05) is 29.5 Å². The molecule has 1 heterocycles. The van der Waals surface area contributed by atoms with E-state index in [0.717, 1.165) is 11.4 Å². The zero-order chi connectivity index (χ0) is 14.7. The number of nitrogen functional groups attached to an aromatic ring is 1. The zero-order valence-electron chi connectivity index (χ0n) is 11.5. The van der Waals surface area contributed by atoms with E-state index < -0.39 is 0 Å². The van der Waals surface area contributed by atoms with Crippen LogP contribution in [0.5, 0.6) is 5.75 Å². The van der Waals surface area contributed by atoms with E-state index in [9.17, 15) is 4.79 Å². The minimum absolute atomic E-state index is 0.0261. The van der Waals surface area contributed by atoms with E-state index in [0.29, 0.717) is 18.0 Å². The quantitative estimate of drug-likeness (QED) is 0.697. The average Bonchev–Trinajstić information content (AvgIpc) is 2.50. The van der Waals surface area contributed by atoms with Gasteiger partial charge in [-0.05, 0) is 30.3 Å². The number of hydrogen-bond donors (Lipinski definition) is 1. The van der Waals surface area contributed by atoms with Crippen LogP contribution in [0.3, 0.4) is 0 Å². The molecule has 21 heavy (non-hydrogen) atoms. The Kier molecular flexibility index (Phi) is 4.01. The Bertz CT molecular complexity index is 646. The SMILES string of the molecule is Nc1ccc2c(c1)N(CCSc1ccccc1)C(=O)CO2. The Balaban J connectivity index is 1.70. The molecule has 2 aromatic carbocycles. The van der Waals surface area contributed by atoms with Gasteiger partial charge >= 0.3 is 0 Å². The summed E-state index contributed by atoms with van der Waals surface area (Å²) in [5.41, 5.74) is 7.21. The molecule has 1 aliphatic rings. The van der Waals surface area contributed by atoms with Gasteiger partial charge in [-0.25, -0.2) is 0 Å². The van der Waals surface area contributed by atoms with Crippen molar-refractivity contribution in [3.05, 3.63) is 48.5 Å². The number of thioether (sulfide) groups is 1. The number of hydrogen-bond acceptors (Lipinski definition) is 4. The third-order valence-corrected chi connectivity index (χ3v) is 4.25. The summed E-state index contributed by atoms with van der Waals surface area (Å²) < 4.78 is 5.43. The van der Waals surface area contributed by atoms with Gasteiger partial charge in [-0.3, -0.25) is 4.79 Å². The molecule has 0 aromatic heterocycles. The minimum Gasteiger partial charge on any atom is -0.482 e. The van der Waals surface area contributed by atoms with Gasteiger partial charge in [-0.1, -0.05) is 18.2 Å². The van der Waals surface area contributed by atoms with Gasteiger partial charge in [0.1, 0.15) is 5.75 Å². The highest BCUT2D eigenvalue weighted by Crippen LogP contribution is 2.34. The number of anilines is 2. The van der Waals surface area contributed by atoms with Crippen LogP contribution in [0.25, 0.3) is 0 Å². The summed E-state index contributed by atoms with van der Waals surface area (Å²) in [6.07, 6.45) is 0. The molecule has 0 fully saturated rings. The van der Waals surface area contributed by atoms with Crippen molar-refractivity contribution in [3.8, 4) is 5.75 Å². The van der Waals surface area contributed by atoms with Gasteiger partial charge < -0.3 is 15.4 Å². The second-order valence-corrected chi connectivity index (χ2v) is 5.89. The first-order valence-corrected chi connectivity index (χ1v) is 7.73. The van der Waals surface area contributed by atoms with E-state index in [4.69, 9.17) is 10.5 Å². The molecule has 2 aromatic rings. The number of nitrogens with two attached hydrogens (primary N) is 1. The van der Waals surface area contributed by atoms with Crippen molar-refractivity contribution >= 4 is 29.0 Å². The first kappa shape index (κ1) is 13.8. The van der Waals surface area contributed by atoms with Crippen LogP contribution in [0, 0.1) is 0 Å². The Hall–Kier alpha value is -2.14. The zero-order valence-corrected chi connectivity index (χ0v) is 12.3. The third-order valence-electron chi connectivity index (χ3n) is 3.25. The molecule has 1 amide bonds. The van der Waals surface area contributed by atoms with Gasteiger partial charge in [0, 0.05) is 22.9 Å². The number of ether oxygens (including phenoxy) is 1. The average molecular weight is 300 g/mol. The van der Waals surface area contributed by atoms with Crippen LogP contribution in [0.15, 0.2) is 53.4 Å². The highest BCUT2D eigenvalue weighted by molar-refractivity contribution is 7.99. The van der Waals surface area contributed by atoms with Crippen molar-refractivity contribution in [1.82, 2.24) is 0 Å². The first-order chi connectivity index (χ1) is 10.2. The van der Waals surface area contributed by atoms with Crippen molar-refractivity contribution < 1.29 is 9.53 Å². The number of benzene rings is 2. The van der Waals surface area contributed by atoms with E-state index in [-0.39, 0.29) is 12.5 Å². The third kappa shape index (κ3) is 3.13. The molecule has 0 unspecified atom stereocenters. The number of carbonyl (C=O) groups is 1. The molecule has 0 bridgehead atoms. The van der Waals surface area contributed by atoms with Crippen LogP contribution in [0.4, 0.5) is 11.4 Å². The van der Waals surface area contributed by atoms with Gasteiger partial charge in [-0.2, -0.15) is 0 Å². The van der Waals surface area contributed by atoms with Crippen molar-refractivity contribution in [1.29, 1.82) is 0 Å². The smallest absolute Gasteiger partial charge is 0.265 e.